The van der Waals surface area contributed by atoms with Crippen molar-refractivity contribution in [2.45, 2.75) is 32.3 Å². The zero-order valence-corrected chi connectivity index (χ0v) is 14.1. The van der Waals surface area contributed by atoms with Crippen LogP contribution < -0.4 is 4.90 Å². The molecular formula is C18H24N4O2. The van der Waals surface area contributed by atoms with Gasteiger partial charge in [0.1, 0.15) is 11.8 Å². The van der Waals surface area contributed by atoms with Gasteiger partial charge in [-0.2, -0.15) is 5.26 Å². The normalized spacial score (nSPS) is 24.5. The summed E-state index contributed by atoms with van der Waals surface area (Å²) in [6, 6.07) is 5.69. The molecular weight excluding hydrogens is 304 g/mol. The number of piperazine rings is 1. The number of aromatic nitrogens is 1. The van der Waals surface area contributed by atoms with Crippen molar-refractivity contribution in [1.29, 1.82) is 5.26 Å². The number of hydrogen-bond acceptors (Lipinski definition) is 5. The SMILES string of the molecule is CCC1OCCCC1C(=O)N1CCN(c2ccc(C#N)nc2)CC1. The van der Waals surface area contributed by atoms with Crippen LogP contribution >= 0.6 is 0 Å². The zero-order chi connectivity index (χ0) is 16.9. The molecule has 0 saturated carbocycles. The van der Waals surface area contributed by atoms with Gasteiger partial charge in [-0.3, -0.25) is 4.79 Å². The molecule has 2 aliphatic rings. The van der Waals surface area contributed by atoms with Crippen LogP contribution in [0.25, 0.3) is 0 Å². The van der Waals surface area contributed by atoms with Gasteiger partial charge in [0, 0.05) is 32.8 Å². The van der Waals surface area contributed by atoms with Crippen molar-refractivity contribution in [3.63, 3.8) is 0 Å². The second kappa shape index (κ2) is 7.63. The van der Waals surface area contributed by atoms with Crippen LogP contribution in [0.5, 0.6) is 0 Å². The number of hydrogen-bond donors (Lipinski definition) is 0. The summed E-state index contributed by atoms with van der Waals surface area (Å²) in [5, 5.41) is 8.82. The first-order chi connectivity index (χ1) is 11.7. The highest BCUT2D eigenvalue weighted by molar-refractivity contribution is 5.80. The molecule has 128 valence electrons. The summed E-state index contributed by atoms with van der Waals surface area (Å²) in [5.74, 6) is 0.269. The van der Waals surface area contributed by atoms with E-state index in [2.05, 4.69) is 16.8 Å². The Kier molecular flexibility index (Phi) is 5.31. The van der Waals surface area contributed by atoms with Crippen LogP contribution in [0.15, 0.2) is 18.3 Å². The average Bonchev–Trinajstić information content (AvgIpc) is 2.67. The van der Waals surface area contributed by atoms with Crippen LogP contribution in [0.2, 0.25) is 0 Å². The third-order valence-corrected chi connectivity index (χ3v) is 4.98. The zero-order valence-electron chi connectivity index (χ0n) is 14.1. The molecule has 1 amide bonds. The minimum atomic E-state index is 0.0203. The highest BCUT2D eigenvalue weighted by atomic mass is 16.5. The van der Waals surface area contributed by atoms with Crippen LogP contribution in [-0.2, 0) is 9.53 Å². The van der Waals surface area contributed by atoms with Crippen LogP contribution in [-0.4, -0.2) is 54.7 Å². The molecule has 1 aromatic heterocycles. The summed E-state index contributed by atoms with van der Waals surface area (Å²) in [7, 11) is 0. The van der Waals surface area contributed by atoms with E-state index in [-0.39, 0.29) is 17.9 Å². The molecule has 3 heterocycles. The van der Waals surface area contributed by atoms with Gasteiger partial charge >= 0.3 is 0 Å². The maximum Gasteiger partial charge on any atom is 0.228 e. The van der Waals surface area contributed by atoms with Gasteiger partial charge in [-0.1, -0.05) is 6.92 Å². The number of anilines is 1. The smallest absolute Gasteiger partial charge is 0.228 e. The maximum absolute atomic E-state index is 12.8. The molecule has 0 spiro atoms. The van der Waals surface area contributed by atoms with Gasteiger partial charge in [-0.15, -0.1) is 0 Å². The Balaban J connectivity index is 1.58. The van der Waals surface area contributed by atoms with Gasteiger partial charge in [0.25, 0.3) is 0 Å². The number of carbonyl (C=O) groups excluding carboxylic acids is 1. The number of ether oxygens (including phenoxy) is 1. The molecule has 0 aromatic carbocycles. The van der Waals surface area contributed by atoms with Crippen LogP contribution in [0.1, 0.15) is 31.9 Å². The number of pyridine rings is 1. The lowest BCUT2D eigenvalue weighted by molar-refractivity contribution is -0.145. The Morgan fingerprint density at radius 2 is 2.17 bits per heavy atom. The lowest BCUT2D eigenvalue weighted by atomic mass is 9.91. The molecule has 2 saturated heterocycles. The van der Waals surface area contributed by atoms with Crippen molar-refractivity contribution in [1.82, 2.24) is 9.88 Å². The Hall–Kier alpha value is -2.13. The average molecular weight is 328 g/mol. The predicted octanol–water partition coefficient (Wildman–Crippen LogP) is 1.81. The van der Waals surface area contributed by atoms with Gasteiger partial charge in [0.15, 0.2) is 0 Å². The minimum absolute atomic E-state index is 0.0203. The van der Waals surface area contributed by atoms with Crippen LogP contribution in [0.4, 0.5) is 5.69 Å². The first kappa shape index (κ1) is 16.7. The number of amides is 1. The standard InChI is InChI=1S/C18H24N4O2/c1-2-17-16(4-3-11-24-17)18(23)22-9-7-21(8-10-22)15-6-5-14(12-19)20-13-15/h5-6,13,16-17H,2-4,7-11H2,1H3. The van der Waals surface area contributed by atoms with Crippen LogP contribution in [0.3, 0.4) is 0 Å². The second-order valence-corrected chi connectivity index (χ2v) is 6.39. The lowest BCUT2D eigenvalue weighted by Crippen LogP contribution is -2.52. The van der Waals surface area contributed by atoms with Gasteiger partial charge in [0.2, 0.25) is 5.91 Å². The molecule has 2 atom stereocenters. The number of nitriles is 1. The maximum atomic E-state index is 12.8. The quantitative estimate of drug-likeness (QED) is 0.846. The monoisotopic (exact) mass is 328 g/mol. The van der Waals surface area contributed by atoms with Gasteiger partial charge < -0.3 is 14.5 Å². The topological polar surface area (TPSA) is 69.5 Å². The fraction of sp³-hybridized carbons (Fsp3) is 0.611. The minimum Gasteiger partial charge on any atom is -0.377 e. The molecule has 1 aromatic rings. The van der Waals surface area contributed by atoms with E-state index >= 15 is 0 Å². The first-order valence-corrected chi connectivity index (χ1v) is 8.74. The van der Waals surface area contributed by atoms with E-state index in [0.29, 0.717) is 5.69 Å². The number of rotatable bonds is 3. The molecule has 3 rings (SSSR count). The Morgan fingerprint density at radius 1 is 1.38 bits per heavy atom. The number of carbonyl (C=O) groups is 1. The van der Waals surface area contributed by atoms with Crippen molar-refractivity contribution < 1.29 is 9.53 Å². The van der Waals surface area contributed by atoms with E-state index in [1.165, 1.54) is 0 Å². The summed E-state index contributed by atoms with van der Waals surface area (Å²) in [6.45, 7) is 5.92. The molecule has 2 aliphatic heterocycles. The Bertz CT molecular complexity index is 602. The molecule has 2 unspecified atom stereocenters. The molecule has 6 nitrogen and oxygen atoms in total. The molecule has 0 radical (unpaired) electrons. The second-order valence-electron chi connectivity index (χ2n) is 6.39. The lowest BCUT2D eigenvalue weighted by Gasteiger charge is -2.39. The third-order valence-electron chi connectivity index (χ3n) is 4.98. The highest BCUT2D eigenvalue weighted by Crippen LogP contribution is 2.26. The molecule has 0 bridgehead atoms. The molecule has 2 fully saturated rings. The van der Waals surface area contributed by atoms with E-state index in [1.54, 1.807) is 12.3 Å². The van der Waals surface area contributed by atoms with E-state index in [0.717, 1.165) is 57.7 Å². The predicted molar refractivity (Wildman–Crippen MR) is 90.5 cm³/mol. The van der Waals surface area contributed by atoms with Crippen molar-refractivity contribution in [3.8, 4) is 6.07 Å². The summed E-state index contributed by atoms with van der Waals surface area (Å²) in [4.78, 5) is 21.1. The van der Waals surface area contributed by atoms with Crippen molar-refractivity contribution >= 4 is 11.6 Å². The molecule has 0 N–H and O–H groups in total. The number of nitrogens with zero attached hydrogens (tertiary/aromatic N) is 4. The Morgan fingerprint density at radius 3 is 2.79 bits per heavy atom. The fourth-order valence-corrected chi connectivity index (χ4v) is 3.58. The van der Waals surface area contributed by atoms with Gasteiger partial charge in [-0.25, -0.2) is 4.98 Å². The molecule has 6 heteroatoms. The van der Waals surface area contributed by atoms with Gasteiger partial charge in [-0.05, 0) is 31.4 Å². The summed E-state index contributed by atoms with van der Waals surface area (Å²) < 4.78 is 5.77. The van der Waals surface area contributed by atoms with Crippen LogP contribution in [0, 0.1) is 17.2 Å². The van der Waals surface area contributed by atoms with E-state index in [9.17, 15) is 4.79 Å². The van der Waals surface area contributed by atoms with Gasteiger partial charge in [0.05, 0.1) is 23.9 Å². The summed E-state index contributed by atoms with van der Waals surface area (Å²) in [5.41, 5.74) is 1.43. The third kappa shape index (κ3) is 3.51. The van der Waals surface area contributed by atoms with E-state index in [4.69, 9.17) is 10.00 Å². The Labute approximate surface area is 143 Å². The molecule has 0 aliphatic carbocycles. The fourth-order valence-electron chi connectivity index (χ4n) is 3.58. The first-order valence-electron chi connectivity index (χ1n) is 8.74. The van der Waals surface area contributed by atoms with E-state index in [1.807, 2.05) is 17.0 Å². The van der Waals surface area contributed by atoms with E-state index < -0.39 is 0 Å². The van der Waals surface area contributed by atoms with Crippen molar-refractivity contribution in [3.05, 3.63) is 24.0 Å². The largest absolute Gasteiger partial charge is 0.377 e. The molecule has 24 heavy (non-hydrogen) atoms. The summed E-state index contributed by atoms with van der Waals surface area (Å²) in [6.07, 6.45) is 4.62. The van der Waals surface area contributed by atoms with Crippen molar-refractivity contribution in [2.75, 3.05) is 37.7 Å². The highest BCUT2D eigenvalue weighted by Gasteiger charge is 2.34. The van der Waals surface area contributed by atoms with Crippen molar-refractivity contribution in [2.24, 2.45) is 5.92 Å². The summed E-state index contributed by atoms with van der Waals surface area (Å²) >= 11 is 0.